The molecule has 108 valence electrons. The Bertz CT molecular complexity index is 754. The van der Waals surface area contributed by atoms with Crippen molar-refractivity contribution in [1.82, 2.24) is 9.61 Å². The SMILES string of the molecule is CCOc1ccc(NCc2cnn3ccccc23)cc1Cl. The molecule has 0 fully saturated rings. The Labute approximate surface area is 128 Å². The molecule has 0 atom stereocenters. The van der Waals surface area contributed by atoms with Crippen LogP contribution in [-0.4, -0.2) is 16.2 Å². The fourth-order valence-electron chi connectivity index (χ4n) is 2.20. The number of fused-ring (bicyclic) bond motifs is 1. The van der Waals surface area contributed by atoms with Crippen molar-refractivity contribution in [2.45, 2.75) is 13.5 Å². The molecule has 0 aliphatic heterocycles. The van der Waals surface area contributed by atoms with Crippen LogP contribution < -0.4 is 10.1 Å². The summed E-state index contributed by atoms with van der Waals surface area (Å²) in [6, 6.07) is 11.7. The van der Waals surface area contributed by atoms with Crippen molar-refractivity contribution in [3.05, 3.63) is 59.4 Å². The van der Waals surface area contributed by atoms with Crippen molar-refractivity contribution in [3.63, 3.8) is 0 Å². The van der Waals surface area contributed by atoms with E-state index in [-0.39, 0.29) is 0 Å². The van der Waals surface area contributed by atoms with Gasteiger partial charge in [-0.15, -0.1) is 0 Å². The first-order chi connectivity index (χ1) is 10.3. The highest BCUT2D eigenvalue weighted by atomic mass is 35.5. The number of benzene rings is 1. The van der Waals surface area contributed by atoms with E-state index in [2.05, 4.69) is 16.5 Å². The Morgan fingerprint density at radius 3 is 3.00 bits per heavy atom. The Morgan fingerprint density at radius 1 is 1.29 bits per heavy atom. The Hall–Kier alpha value is -2.20. The number of aromatic nitrogens is 2. The monoisotopic (exact) mass is 301 g/mol. The number of hydrogen-bond donors (Lipinski definition) is 1. The first kappa shape index (κ1) is 13.8. The normalized spacial score (nSPS) is 10.8. The van der Waals surface area contributed by atoms with Crippen molar-refractivity contribution in [2.75, 3.05) is 11.9 Å². The predicted octanol–water partition coefficient (Wildman–Crippen LogP) is 4.00. The number of nitrogens with one attached hydrogen (secondary N) is 1. The van der Waals surface area contributed by atoms with Gasteiger partial charge in [0.25, 0.3) is 0 Å². The molecular weight excluding hydrogens is 286 g/mol. The first-order valence-electron chi connectivity index (χ1n) is 6.85. The van der Waals surface area contributed by atoms with Gasteiger partial charge in [-0.2, -0.15) is 5.10 Å². The summed E-state index contributed by atoms with van der Waals surface area (Å²) in [5, 5.41) is 8.29. The second-order valence-corrected chi connectivity index (χ2v) is 5.04. The Morgan fingerprint density at radius 2 is 2.19 bits per heavy atom. The lowest BCUT2D eigenvalue weighted by atomic mass is 10.2. The molecule has 0 spiro atoms. The molecule has 5 heteroatoms. The highest BCUT2D eigenvalue weighted by Crippen LogP contribution is 2.28. The second-order valence-electron chi connectivity index (χ2n) is 4.63. The van der Waals surface area contributed by atoms with Gasteiger partial charge in [-0.05, 0) is 37.3 Å². The number of ether oxygens (including phenoxy) is 1. The first-order valence-corrected chi connectivity index (χ1v) is 7.23. The summed E-state index contributed by atoms with van der Waals surface area (Å²) in [4.78, 5) is 0. The minimum Gasteiger partial charge on any atom is -0.492 e. The molecule has 0 saturated carbocycles. The van der Waals surface area contributed by atoms with Crippen LogP contribution in [0.3, 0.4) is 0 Å². The maximum atomic E-state index is 6.18. The lowest BCUT2D eigenvalue weighted by Crippen LogP contribution is -2.00. The maximum absolute atomic E-state index is 6.18. The van der Waals surface area contributed by atoms with Gasteiger partial charge in [0.15, 0.2) is 0 Å². The summed E-state index contributed by atoms with van der Waals surface area (Å²) < 4.78 is 7.29. The van der Waals surface area contributed by atoms with Crippen LogP contribution in [0.15, 0.2) is 48.8 Å². The van der Waals surface area contributed by atoms with E-state index in [0.717, 1.165) is 16.8 Å². The van der Waals surface area contributed by atoms with Gasteiger partial charge >= 0.3 is 0 Å². The molecule has 0 aliphatic rings. The third-order valence-electron chi connectivity index (χ3n) is 3.22. The lowest BCUT2D eigenvalue weighted by Gasteiger charge is -2.09. The van der Waals surface area contributed by atoms with Gasteiger partial charge in [-0.25, -0.2) is 4.52 Å². The Balaban J connectivity index is 1.74. The van der Waals surface area contributed by atoms with E-state index in [9.17, 15) is 0 Å². The Kier molecular flexibility index (Phi) is 3.97. The maximum Gasteiger partial charge on any atom is 0.138 e. The van der Waals surface area contributed by atoms with Crippen molar-refractivity contribution in [3.8, 4) is 5.75 Å². The van der Waals surface area contributed by atoms with Crippen LogP contribution in [0.5, 0.6) is 5.75 Å². The van der Waals surface area contributed by atoms with Gasteiger partial charge in [0, 0.05) is 24.0 Å². The van der Waals surface area contributed by atoms with Crippen LogP contribution in [0.25, 0.3) is 5.52 Å². The summed E-state index contributed by atoms with van der Waals surface area (Å²) in [6.45, 7) is 3.24. The molecule has 0 unspecified atom stereocenters. The largest absolute Gasteiger partial charge is 0.492 e. The molecular formula is C16H16ClN3O. The van der Waals surface area contributed by atoms with Crippen molar-refractivity contribution >= 4 is 22.8 Å². The standard InChI is InChI=1S/C16H16ClN3O/c1-2-21-16-7-6-13(9-14(16)17)18-10-12-11-19-20-8-4-3-5-15(12)20/h3-9,11,18H,2,10H2,1H3. The molecule has 4 nitrogen and oxygen atoms in total. The van der Waals surface area contributed by atoms with Gasteiger partial charge in [0.1, 0.15) is 5.75 Å². The molecule has 21 heavy (non-hydrogen) atoms. The summed E-state index contributed by atoms with van der Waals surface area (Å²) in [6.07, 6.45) is 3.81. The number of pyridine rings is 1. The number of hydrogen-bond acceptors (Lipinski definition) is 3. The van der Waals surface area contributed by atoms with Gasteiger partial charge in [0.2, 0.25) is 0 Å². The predicted molar refractivity (Wildman–Crippen MR) is 85.1 cm³/mol. The van der Waals surface area contributed by atoms with Gasteiger partial charge in [-0.3, -0.25) is 0 Å². The lowest BCUT2D eigenvalue weighted by molar-refractivity contribution is 0.340. The van der Waals surface area contributed by atoms with Crippen molar-refractivity contribution in [2.24, 2.45) is 0 Å². The minimum atomic E-state index is 0.606. The highest BCUT2D eigenvalue weighted by molar-refractivity contribution is 6.32. The second kappa shape index (κ2) is 6.06. The topological polar surface area (TPSA) is 38.6 Å². The fourth-order valence-corrected chi connectivity index (χ4v) is 2.44. The average molecular weight is 302 g/mol. The molecule has 3 rings (SSSR count). The van der Waals surface area contributed by atoms with Crippen LogP contribution in [-0.2, 0) is 6.54 Å². The van der Waals surface area contributed by atoms with Crippen LogP contribution >= 0.6 is 11.6 Å². The van der Waals surface area contributed by atoms with Crippen molar-refractivity contribution < 1.29 is 4.74 Å². The molecule has 0 bridgehead atoms. The highest BCUT2D eigenvalue weighted by Gasteiger charge is 2.05. The summed E-state index contributed by atoms with van der Waals surface area (Å²) in [5.74, 6) is 0.709. The van der Waals surface area contributed by atoms with Gasteiger partial charge in [-0.1, -0.05) is 17.7 Å². The zero-order valence-corrected chi connectivity index (χ0v) is 12.5. The molecule has 2 heterocycles. The summed E-state index contributed by atoms with van der Waals surface area (Å²) in [7, 11) is 0. The smallest absolute Gasteiger partial charge is 0.138 e. The number of nitrogens with zero attached hydrogens (tertiary/aromatic N) is 2. The molecule has 1 aromatic carbocycles. The third-order valence-corrected chi connectivity index (χ3v) is 3.52. The van der Waals surface area contributed by atoms with E-state index in [1.807, 2.05) is 54.2 Å². The van der Waals surface area contributed by atoms with Crippen molar-refractivity contribution in [1.29, 1.82) is 0 Å². The van der Waals surface area contributed by atoms with E-state index in [4.69, 9.17) is 16.3 Å². The molecule has 0 radical (unpaired) electrons. The van der Waals surface area contributed by atoms with Crippen LogP contribution in [0.1, 0.15) is 12.5 Å². The molecule has 0 aliphatic carbocycles. The van der Waals surface area contributed by atoms with E-state index >= 15 is 0 Å². The van der Waals surface area contributed by atoms with Gasteiger partial charge in [0.05, 0.1) is 23.3 Å². The number of anilines is 1. The van der Waals surface area contributed by atoms with Crippen LogP contribution in [0, 0.1) is 0 Å². The summed E-state index contributed by atoms with van der Waals surface area (Å²) >= 11 is 6.18. The van der Waals surface area contributed by atoms with E-state index in [1.54, 1.807) is 0 Å². The van der Waals surface area contributed by atoms with E-state index in [1.165, 1.54) is 0 Å². The number of rotatable bonds is 5. The number of halogens is 1. The molecule has 3 aromatic rings. The zero-order valence-electron chi connectivity index (χ0n) is 11.7. The van der Waals surface area contributed by atoms with Gasteiger partial charge < -0.3 is 10.1 Å². The van der Waals surface area contributed by atoms with Crippen LogP contribution in [0.2, 0.25) is 5.02 Å². The minimum absolute atomic E-state index is 0.606. The van der Waals surface area contributed by atoms with Crippen LogP contribution in [0.4, 0.5) is 5.69 Å². The van der Waals surface area contributed by atoms with E-state index in [0.29, 0.717) is 23.9 Å². The zero-order chi connectivity index (χ0) is 14.7. The summed E-state index contributed by atoms with van der Waals surface area (Å²) in [5.41, 5.74) is 3.20. The quantitative estimate of drug-likeness (QED) is 0.774. The fraction of sp³-hybridized carbons (Fsp3) is 0.188. The molecule has 0 amide bonds. The van der Waals surface area contributed by atoms with E-state index < -0.39 is 0 Å². The average Bonchev–Trinajstić information content (AvgIpc) is 2.91. The molecule has 1 N–H and O–H groups in total. The molecule has 0 saturated heterocycles. The third kappa shape index (κ3) is 2.95. The molecule has 2 aromatic heterocycles.